The van der Waals surface area contributed by atoms with E-state index < -0.39 is 16.0 Å². The van der Waals surface area contributed by atoms with Crippen molar-refractivity contribution in [1.29, 1.82) is 0 Å². The van der Waals surface area contributed by atoms with Crippen molar-refractivity contribution in [2.45, 2.75) is 4.08 Å². The molecule has 2 heterocycles. The van der Waals surface area contributed by atoms with Gasteiger partial charge in [0.2, 0.25) is 0 Å². The van der Waals surface area contributed by atoms with E-state index in [9.17, 15) is 9.59 Å². The molecule has 0 amide bonds. The molecule has 2 fully saturated rings. The van der Waals surface area contributed by atoms with E-state index in [1.807, 2.05) is 8.61 Å². The number of ether oxygens (including phenoxy) is 4. The monoisotopic (exact) mass is 366 g/mol. The second-order valence-electron chi connectivity index (χ2n) is 4.87. The largest absolute Gasteiger partial charge is 0.467 e. The first-order valence-electron chi connectivity index (χ1n) is 7.33. The van der Waals surface area contributed by atoms with Crippen LogP contribution in [0.3, 0.4) is 0 Å². The quantitative estimate of drug-likeness (QED) is 0.277. The highest BCUT2D eigenvalue weighted by Gasteiger charge is 2.54. The van der Waals surface area contributed by atoms with Crippen molar-refractivity contribution in [3.8, 4) is 0 Å². The predicted molar refractivity (Wildman–Crippen MR) is 86.7 cm³/mol. The number of rotatable bonds is 6. The molecule has 8 nitrogen and oxygen atoms in total. The smallest absolute Gasteiger partial charge is 0.346 e. The number of carbonyl (C=O) groups is 2. The van der Waals surface area contributed by atoms with Crippen molar-refractivity contribution < 1.29 is 28.5 Å². The van der Waals surface area contributed by atoms with Gasteiger partial charge >= 0.3 is 11.9 Å². The van der Waals surface area contributed by atoms with Crippen molar-refractivity contribution in [3.05, 3.63) is 0 Å². The molecule has 132 valence electrons. The lowest BCUT2D eigenvalue weighted by Gasteiger charge is -2.37. The molecule has 0 aromatic heterocycles. The van der Waals surface area contributed by atoms with Crippen molar-refractivity contribution in [3.63, 3.8) is 0 Å². The Kier molecular flexibility index (Phi) is 7.44. The SMILES string of the molecule is COC(=O)C(SN1CCOCC1)(SN1CCOCC1)C(=O)OC. The van der Waals surface area contributed by atoms with Gasteiger partial charge in [0.15, 0.2) is 0 Å². The van der Waals surface area contributed by atoms with Gasteiger partial charge in [0, 0.05) is 26.2 Å². The Bertz CT molecular complexity index is 375. The van der Waals surface area contributed by atoms with Crippen LogP contribution < -0.4 is 0 Å². The third-order valence-corrected chi connectivity index (χ3v) is 6.24. The Labute approximate surface area is 144 Å². The maximum atomic E-state index is 12.5. The van der Waals surface area contributed by atoms with Gasteiger partial charge in [-0.15, -0.1) is 0 Å². The summed E-state index contributed by atoms with van der Waals surface area (Å²) in [7, 11) is 2.56. The summed E-state index contributed by atoms with van der Waals surface area (Å²) in [5.41, 5.74) is 0. The molecule has 0 aliphatic carbocycles. The van der Waals surface area contributed by atoms with Crippen LogP contribution in [0.4, 0.5) is 0 Å². The summed E-state index contributed by atoms with van der Waals surface area (Å²) in [5.74, 6) is -1.25. The van der Waals surface area contributed by atoms with Crippen LogP contribution in [0.25, 0.3) is 0 Å². The van der Waals surface area contributed by atoms with E-state index in [1.54, 1.807) is 0 Å². The molecule has 0 atom stereocenters. The molecule has 0 saturated carbocycles. The molecular weight excluding hydrogens is 344 g/mol. The predicted octanol–water partition coefficient (Wildman–Crippen LogP) is -0.0105. The van der Waals surface area contributed by atoms with Gasteiger partial charge in [0.25, 0.3) is 4.08 Å². The zero-order chi connectivity index (χ0) is 16.7. The minimum Gasteiger partial charge on any atom is -0.467 e. The molecule has 2 aliphatic heterocycles. The first-order chi connectivity index (χ1) is 11.1. The second-order valence-corrected chi connectivity index (χ2v) is 7.75. The highest BCUT2D eigenvalue weighted by atomic mass is 32.2. The number of nitrogens with zero attached hydrogens (tertiary/aromatic N) is 2. The van der Waals surface area contributed by atoms with Gasteiger partial charge in [-0.05, 0) is 23.9 Å². The van der Waals surface area contributed by atoms with Crippen molar-refractivity contribution in [2.75, 3.05) is 66.8 Å². The molecule has 0 unspecified atom stereocenters. The Hall–Kier alpha value is -0.520. The minimum absolute atomic E-state index is 0.563. The zero-order valence-electron chi connectivity index (χ0n) is 13.3. The Morgan fingerprint density at radius 2 is 1.17 bits per heavy atom. The number of hydrogen-bond donors (Lipinski definition) is 0. The van der Waals surface area contributed by atoms with Crippen LogP contribution >= 0.6 is 23.9 Å². The summed E-state index contributed by atoms with van der Waals surface area (Å²) in [4.78, 5) is 25.0. The highest BCUT2D eigenvalue weighted by Crippen LogP contribution is 2.43. The maximum absolute atomic E-state index is 12.5. The van der Waals surface area contributed by atoms with Gasteiger partial charge in [0.1, 0.15) is 0 Å². The van der Waals surface area contributed by atoms with Gasteiger partial charge in [0.05, 0.1) is 40.6 Å². The van der Waals surface area contributed by atoms with E-state index in [1.165, 1.54) is 14.2 Å². The van der Waals surface area contributed by atoms with Crippen LogP contribution in [0.5, 0.6) is 0 Å². The van der Waals surface area contributed by atoms with Crippen LogP contribution in [0.2, 0.25) is 0 Å². The Morgan fingerprint density at radius 1 is 0.826 bits per heavy atom. The number of hydrogen-bond acceptors (Lipinski definition) is 10. The number of esters is 2. The normalized spacial score (nSPS) is 21.0. The van der Waals surface area contributed by atoms with Crippen LogP contribution in [0, 0.1) is 0 Å². The summed E-state index contributed by atoms with van der Waals surface area (Å²) < 4.78 is 22.9. The molecule has 0 radical (unpaired) electrons. The van der Waals surface area contributed by atoms with Gasteiger partial charge < -0.3 is 18.9 Å². The lowest BCUT2D eigenvalue weighted by atomic mass is 10.4. The molecule has 0 N–H and O–H groups in total. The Balaban J connectivity index is 2.20. The topological polar surface area (TPSA) is 77.5 Å². The van der Waals surface area contributed by atoms with E-state index in [2.05, 4.69) is 0 Å². The van der Waals surface area contributed by atoms with Crippen LogP contribution in [-0.4, -0.2) is 91.5 Å². The molecule has 0 aromatic carbocycles. The van der Waals surface area contributed by atoms with E-state index in [4.69, 9.17) is 18.9 Å². The fourth-order valence-electron chi connectivity index (χ4n) is 2.16. The fraction of sp³-hybridized carbons (Fsp3) is 0.846. The highest BCUT2D eigenvalue weighted by molar-refractivity contribution is 8.18. The summed E-state index contributed by atoms with van der Waals surface area (Å²) >= 11 is 2.31. The average molecular weight is 366 g/mol. The molecule has 2 saturated heterocycles. The van der Waals surface area contributed by atoms with Crippen LogP contribution in [-0.2, 0) is 28.5 Å². The van der Waals surface area contributed by atoms with E-state index in [0.29, 0.717) is 52.6 Å². The average Bonchev–Trinajstić information content (AvgIpc) is 2.61. The van der Waals surface area contributed by atoms with Gasteiger partial charge in [-0.1, -0.05) is 0 Å². The van der Waals surface area contributed by atoms with Gasteiger partial charge in [-0.25, -0.2) is 18.2 Å². The summed E-state index contributed by atoms with van der Waals surface area (Å²) in [6.07, 6.45) is 0. The Morgan fingerprint density at radius 3 is 1.48 bits per heavy atom. The first kappa shape index (κ1) is 18.8. The second kappa shape index (κ2) is 9.09. The van der Waals surface area contributed by atoms with E-state index in [0.717, 1.165) is 23.9 Å². The molecule has 0 bridgehead atoms. The molecule has 23 heavy (non-hydrogen) atoms. The molecule has 10 heteroatoms. The standard InChI is InChI=1S/C13H22N2O6S2/c1-18-11(16)13(12(17)19-2,22-14-3-7-20-8-4-14)23-15-5-9-21-10-6-15/h3-10H2,1-2H3. The zero-order valence-corrected chi connectivity index (χ0v) is 15.0. The fourth-order valence-corrected chi connectivity index (χ4v) is 4.94. The van der Waals surface area contributed by atoms with E-state index in [-0.39, 0.29) is 0 Å². The minimum atomic E-state index is -1.52. The summed E-state index contributed by atoms with van der Waals surface area (Å²) in [6.45, 7) is 4.77. The summed E-state index contributed by atoms with van der Waals surface area (Å²) in [5, 5.41) is 0. The van der Waals surface area contributed by atoms with Crippen molar-refractivity contribution >= 4 is 35.8 Å². The lowest BCUT2D eigenvalue weighted by molar-refractivity contribution is -0.152. The molecular formula is C13H22N2O6S2. The first-order valence-corrected chi connectivity index (χ1v) is 8.87. The molecule has 2 rings (SSSR count). The number of methoxy groups -OCH3 is 2. The van der Waals surface area contributed by atoms with Gasteiger partial charge in [-0.2, -0.15) is 0 Å². The third-order valence-electron chi connectivity index (χ3n) is 3.36. The van der Waals surface area contributed by atoms with E-state index >= 15 is 0 Å². The van der Waals surface area contributed by atoms with Crippen LogP contribution in [0.1, 0.15) is 0 Å². The lowest BCUT2D eigenvalue weighted by Crippen LogP contribution is -2.50. The van der Waals surface area contributed by atoms with Crippen LogP contribution in [0.15, 0.2) is 0 Å². The molecule has 2 aliphatic rings. The van der Waals surface area contributed by atoms with Gasteiger partial charge in [-0.3, -0.25) is 0 Å². The molecule has 0 spiro atoms. The van der Waals surface area contributed by atoms with Crippen molar-refractivity contribution in [1.82, 2.24) is 8.61 Å². The number of carbonyl (C=O) groups excluding carboxylic acids is 2. The number of morpholine rings is 2. The summed E-state index contributed by atoms with van der Waals surface area (Å²) in [6, 6.07) is 0. The molecule has 0 aromatic rings. The van der Waals surface area contributed by atoms with Crippen molar-refractivity contribution in [2.24, 2.45) is 0 Å². The third kappa shape index (κ3) is 4.74. The maximum Gasteiger partial charge on any atom is 0.346 e.